The van der Waals surface area contributed by atoms with Crippen molar-refractivity contribution >= 4 is 20.7 Å². The van der Waals surface area contributed by atoms with E-state index in [-0.39, 0.29) is 2.85 Å². The number of hydrogen-bond donors (Lipinski definition) is 0. The van der Waals surface area contributed by atoms with Gasteiger partial charge in [0.05, 0.1) is 0 Å². The molecule has 1 rings (SSSR count). The maximum absolute atomic E-state index is 2.15. The first-order valence-corrected chi connectivity index (χ1v) is 3.41. The molecule has 0 heterocycles. The first-order valence-electron chi connectivity index (χ1n) is 2.41. The van der Waals surface area contributed by atoms with Gasteiger partial charge >= 0.3 is 0 Å². The van der Waals surface area contributed by atoms with E-state index >= 15 is 0 Å². The summed E-state index contributed by atoms with van der Waals surface area (Å²) in [6.07, 6.45) is 0. The van der Waals surface area contributed by atoms with Crippen molar-refractivity contribution in [3.8, 4) is 0 Å². The Morgan fingerprint density at radius 3 is 2.00 bits per heavy atom. The van der Waals surface area contributed by atoms with Crippen LogP contribution >= 0.6 is 0 Å². The number of rotatable bonds is 0. The van der Waals surface area contributed by atoms with Gasteiger partial charge in [0.2, 0.25) is 0 Å². The largest absolute Gasteiger partial charge is 0.258 e. The molecule has 0 nitrogen and oxygen atoms in total. The normalized spacial score (nSPS) is 8.57. The summed E-state index contributed by atoms with van der Waals surface area (Å²) < 4.78 is 1.46. The molecule has 0 unspecified atom stereocenters. The third kappa shape index (κ3) is 1.35. The van der Waals surface area contributed by atoms with Crippen LogP contribution in [0.4, 0.5) is 0 Å². The van der Waals surface area contributed by atoms with Gasteiger partial charge in [-0.15, -0.1) is 4.43 Å². The quantitative estimate of drug-likeness (QED) is 0.425. The smallest absolute Gasteiger partial charge is 0.121 e. The van der Waals surface area contributed by atoms with Gasteiger partial charge < -0.3 is 0 Å². The van der Waals surface area contributed by atoms with Crippen LogP contribution in [0.15, 0.2) is 30.3 Å². The van der Waals surface area contributed by atoms with Gasteiger partial charge in [0.15, 0.2) is 0 Å². The second-order valence-electron chi connectivity index (χ2n) is 1.65. The highest BCUT2D eigenvalue weighted by molar-refractivity contribution is 6.32. The van der Waals surface area contributed by atoms with Crippen LogP contribution in [-0.2, 0) is 0 Å². The van der Waals surface area contributed by atoms with Crippen LogP contribution in [0.25, 0.3) is 0 Å². The van der Waals surface area contributed by atoms with Crippen LogP contribution in [0, 0.1) is 0 Å². The lowest BCUT2D eigenvalue weighted by atomic mass is 10.4. The molecule has 0 aliphatic heterocycles. The SMILES string of the molecule is [AlH2][c]1ccccc1.[HH].[HH]. The van der Waals surface area contributed by atoms with Crippen LogP contribution in [-0.4, -0.2) is 16.3 Å². The van der Waals surface area contributed by atoms with Gasteiger partial charge in [0, 0.05) is 2.85 Å². The summed E-state index contributed by atoms with van der Waals surface area (Å²) in [6.45, 7) is 0. The average Bonchev–Trinajstić information content (AvgIpc) is 1.69. The topological polar surface area (TPSA) is 0 Å². The van der Waals surface area contributed by atoms with Gasteiger partial charge in [-0.1, -0.05) is 30.3 Å². The maximum Gasteiger partial charge on any atom is 0.258 e. The number of hydrogen-bond acceptors (Lipinski definition) is 0. The Morgan fingerprint density at radius 2 is 1.71 bits per heavy atom. The van der Waals surface area contributed by atoms with Gasteiger partial charge in [-0.25, -0.2) is 0 Å². The zero-order chi connectivity index (χ0) is 5.11. The maximum atomic E-state index is 2.15. The summed E-state index contributed by atoms with van der Waals surface area (Å²) in [5.74, 6) is 0. The number of benzene rings is 1. The molecule has 7 heavy (non-hydrogen) atoms. The third-order valence-electron chi connectivity index (χ3n) is 0.940. The van der Waals surface area contributed by atoms with E-state index in [0.29, 0.717) is 0 Å². The summed E-state index contributed by atoms with van der Waals surface area (Å²) in [5, 5.41) is 0. The van der Waals surface area contributed by atoms with E-state index in [0.717, 1.165) is 0 Å². The van der Waals surface area contributed by atoms with E-state index in [4.69, 9.17) is 0 Å². The molecule has 1 heteroatoms. The standard InChI is InChI=1S/C6H5.Al.2H2.2H/c1-2-4-6-5-3-1;;;;;/h1-5H;;2*1H;;. The summed E-state index contributed by atoms with van der Waals surface area (Å²) in [4.78, 5) is 0. The molecule has 0 N–H and O–H groups in total. The average molecular weight is 110 g/mol. The monoisotopic (exact) mass is 110 g/mol. The van der Waals surface area contributed by atoms with Crippen LogP contribution in [0.3, 0.4) is 0 Å². The zero-order valence-corrected chi connectivity index (χ0v) is 6.39. The Hall–Kier alpha value is -0.248. The van der Waals surface area contributed by atoms with Crippen molar-refractivity contribution in [3.05, 3.63) is 30.3 Å². The van der Waals surface area contributed by atoms with E-state index in [2.05, 4.69) is 24.3 Å². The molecule has 0 aromatic heterocycles. The zero-order valence-electron chi connectivity index (χ0n) is 4.39. The minimum Gasteiger partial charge on any atom is -0.121 e. The van der Waals surface area contributed by atoms with Gasteiger partial charge in [-0.2, -0.15) is 0 Å². The molecule has 0 saturated carbocycles. The third-order valence-corrected chi connectivity index (χ3v) is 1.61. The Morgan fingerprint density at radius 1 is 1.14 bits per heavy atom. The molecule has 1 aromatic rings. The highest BCUT2D eigenvalue weighted by atomic mass is 27.0. The van der Waals surface area contributed by atoms with E-state index in [9.17, 15) is 0 Å². The molecule has 0 atom stereocenters. The first-order chi connectivity index (χ1) is 3.39. The summed E-state index contributed by atoms with van der Waals surface area (Å²) in [7, 11) is 0. The Kier molecular flexibility index (Phi) is 1.51. The second kappa shape index (κ2) is 2.16. The lowest BCUT2D eigenvalue weighted by Crippen LogP contribution is -1.97. The molecule has 0 saturated heterocycles. The van der Waals surface area contributed by atoms with E-state index in [1.54, 1.807) is 0 Å². The molecule has 38 valence electrons. The van der Waals surface area contributed by atoms with Gasteiger partial charge in [-0.05, 0) is 0 Å². The lowest BCUT2D eigenvalue weighted by Gasteiger charge is -1.83. The van der Waals surface area contributed by atoms with Gasteiger partial charge in [0.25, 0.3) is 16.3 Å². The molecule has 0 bridgehead atoms. The van der Waals surface area contributed by atoms with Crippen molar-refractivity contribution in [1.29, 1.82) is 0 Å². The van der Waals surface area contributed by atoms with Crippen LogP contribution in [0.5, 0.6) is 0 Å². The van der Waals surface area contributed by atoms with Crippen LogP contribution in [0.1, 0.15) is 2.85 Å². The molecular formula is C6H11Al. The Bertz CT molecular complexity index is 141. The minimum atomic E-state index is 0. The fourth-order valence-corrected chi connectivity index (χ4v) is 0.919. The Balaban J connectivity index is 0. The fourth-order valence-electron chi connectivity index (χ4n) is 0.534. The summed E-state index contributed by atoms with van der Waals surface area (Å²) in [5.41, 5.74) is 0. The predicted molar refractivity (Wildman–Crippen MR) is 38.8 cm³/mol. The fraction of sp³-hybridized carbons (Fsp3) is 0. The summed E-state index contributed by atoms with van der Waals surface area (Å²) in [6, 6.07) is 10.5. The highest BCUT2D eigenvalue weighted by Gasteiger charge is 1.72. The molecule has 0 aliphatic rings. The second-order valence-corrected chi connectivity index (χ2v) is 2.81. The van der Waals surface area contributed by atoms with Crippen molar-refractivity contribution in [2.24, 2.45) is 0 Å². The van der Waals surface area contributed by atoms with E-state index in [1.807, 2.05) is 6.07 Å². The van der Waals surface area contributed by atoms with Gasteiger partial charge in [0.1, 0.15) is 0 Å². The van der Waals surface area contributed by atoms with Crippen molar-refractivity contribution in [2.45, 2.75) is 0 Å². The molecular weight excluding hydrogens is 99.0 g/mol. The van der Waals surface area contributed by atoms with E-state index < -0.39 is 0 Å². The lowest BCUT2D eigenvalue weighted by molar-refractivity contribution is 1.78. The first kappa shape index (κ1) is 4.90. The molecule has 0 fully saturated rings. The molecule has 0 spiro atoms. The van der Waals surface area contributed by atoms with Gasteiger partial charge in [-0.3, -0.25) is 0 Å². The summed E-state index contributed by atoms with van der Waals surface area (Å²) >= 11 is 1.17. The van der Waals surface area contributed by atoms with Crippen molar-refractivity contribution in [3.63, 3.8) is 0 Å². The van der Waals surface area contributed by atoms with E-state index in [1.165, 1.54) is 20.7 Å². The molecule has 0 radical (unpaired) electrons. The Labute approximate surface area is 54.6 Å². The minimum absolute atomic E-state index is 0. The highest BCUT2D eigenvalue weighted by Crippen LogP contribution is 1.76. The molecule has 1 aromatic carbocycles. The van der Waals surface area contributed by atoms with Crippen molar-refractivity contribution < 1.29 is 2.85 Å². The van der Waals surface area contributed by atoms with Crippen LogP contribution < -0.4 is 4.43 Å². The predicted octanol–water partition coefficient (Wildman–Crippen LogP) is 0.437. The molecule has 0 aliphatic carbocycles. The van der Waals surface area contributed by atoms with Crippen LogP contribution in [0.2, 0.25) is 0 Å². The molecule has 0 amide bonds. The van der Waals surface area contributed by atoms with Crippen molar-refractivity contribution in [1.82, 2.24) is 0 Å². The van der Waals surface area contributed by atoms with Crippen molar-refractivity contribution in [2.75, 3.05) is 0 Å².